The number of alkyl halides is 7. The third-order valence-electron chi connectivity index (χ3n) is 8.34. The Hall–Kier alpha value is -4.20. The van der Waals surface area contributed by atoms with Crippen LogP contribution in [-0.2, 0) is 30.5 Å². The zero-order valence-electron chi connectivity index (χ0n) is 26.7. The molecule has 0 bridgehead atoms. The third kappa shape index (κ3) is 6.39. The molecule has 4 aromatic carbocycles. The minimum Gasteiger partial charge on any atom is -0.239 e. The van der Waals surface area contributed by atoms with Crippen molar-refractivity contribution in [2.24, 2.45) is 7.05 Å². The summed E-state index contributed by atoms with van der Waals surface area (Å²) >= 11 is 0. The van der Waals surface area contributed by atoms with E-state index in [0.29, 0.717) is 33.2 Å². The Labute approximate surface area is 264 Å². The minimum absolute atomic E-state index is 0.409. The highest BCUT2D eigenvalue weighted by molar-refractivity contribution is 5.96. The van der Waals surface area contributed by atoms with Crippen LogP contribution < -0.4 is 4.57 Å². The highest BCUT2D eigenvalue weighted by atomic mass is 19.4. The van der Waals surface area contributed by atoms with E-state index < -0.39 is 34.6 Å². The normalized spacial score (nSPS) is 13.0. The van der Waals surface area contributed by atoms with Crippen LogP contribution in [0.15, 0.2) is 85.1 Å². The Morgan fingerprint density at radius 1 is 0.587 bits per heavy atom. The van der Waals surface area contributed by atoms with E-state index >= 15 is 4.39 Å². The molecular weight excluding hydrogens is 603 g/mol. The van der Waals surface area contributed by atoms with Crippen LogP contribution in [0.1, 0.15) is 62.4 Å². The van der Waals surface area contributed by atoms with Crippen molar-refractivity contribution in [1.29, 1.82) is 0 Å². The number of rotatable bonds is 4. The van der Waals surface area contributed by atoms with Gasteiger partial charge in [0.15, 0.2) is 6.20 Å². The van der Waals surface area contributed by atoms with Crippen molar-refractivity contribution in [3.63, 3.8) is 0 Å². The van der Waals surface area contributed by atoms with Gasteiger partial charge in [-0.3, -0.25) is 0 Å². The van der Waals surface area contributed by atoms with E-state index in [9.17, 15) is 26.3 Å². The smallest absolute Gasteiger partial charge is 0.239 e. The third-order valence-corrected chi connectivity index (χ3v) is 8.34. The first-order valence-electron chi connectivity index (χ1n) is 14.8. The summed E-state index contributed by atoms with van der Waals surface area (Å²) in [5.74, 6) is 0. The van der Waals surface area contributed by atoms with Crippen LogP contribution in [0.4, 0.5) is 30.7 Å². The summed E-state index contributed by atoms with van der Waals surface area (Å²) in [7, 11) is 1.84. The van der Waals surface area contributed by atoms with Crippen molar-refractivity contribution in [2.75, 3.05) is 0 Å². The molecule has 1 nitrogen and oxygen atoms in total. The number of nitrogens with zero attached hydrogens (tertiary/aromatic N) is 1. The van der Waals surface area contributed by atoms with E-state index in [2.05, 4.69) is 0 Å². The highest BCUT2D eigenvalue weighted by Crippen LogP contribution is 2.44. The second kappa shape index (κ2) is 11.2. The van der Waals surface area contributed by atoms with Crippen molar-refractivity contribution in [3.05, 3.63) is 113 Å². The maximum Gasteiger partial charge on any atom is 0.416 e. The maximum absolute atomic E-state index is 16.3. The fourth-order valence-corrected chi connectivity index (χ4v) is 6.11. The van der Waals surface area contributed by atoms with Crippen LogP contribution in [-0.4, -0.2) is 0 Å². The lowest BCUT2D eigenvalue weighted by Crippen LogP contribution is -2.34. The zero-order valence-corrected chi connectivity index (χ0v) is 26.7. The molecule has 0 atom stereocenters. The lowest BCUT2D eigenvalue weighted by Gasteiger charge is -2.26. The average Bonchev–Trinajstić information content (AvgIpc) is 2.94. The van der Waals surface area contributed by atoms with Crippen molar-refractivity contribution in [3.8, 4) is 33.5 Å². The van der Waals surface area contributed by atoms with Crippen LogP contribution in [0.2, 0.25) is 0 Å². The molecule has 0 spiro atoms. The van der Waals surface area contributed by atoms with Crippen molar-refractivity contribution in [1.82, 2.24) is 0 Å². The van der Waals surface area contributed by atoms with Crippen molar-refractivity contribution in [2.45, 2.75) is 65.0 Å². The van der Waals surface area contributed by atoms with E-state index in [1.54, 1.807) is 6.07 Å². The molecule has 1 heterocycles. The number of hydrogen-bond acceptors (Lipinski definition) is 0. The maximum atomic E-state index is 16.3. The Morgan fingerprint density at radius 3 is 1.57 bits per heavy atom. The van der Waals surface area contributed by atoms with E-state index in [1.165, 1.54) is 38.1 Å². The van der Waals surface area contributed by atoms with Gasteiger partial charge in [0.2, 0.25) is 5.69 Å². The van der Waals surface area contributed by atoms with Crippen molar-refractivity contribution < 1.29 is 35.3 Å². The average molecular weight is 639 g/mol. The quantitative estimate of drug-likeness (QED) is 0.136. The lowest BCUT2D eigenvalue weighted by atomic mass is 9.79. The molecule has 0 radical (unpaired) electrons. The molecule has 0 aliphatic heterocycles. The van der Waals surface area contributed by atoms with Gasteiger partial charge >= 0.3 is 12.4 Å². The van der Waals surface area contributed by atoms with Crippen LogP contribution in [0.5, 0.6) is 0 Å². The fourth-order valence-electron chi connectivity index (χ4n) is 6.11. The van der Waals surface area contributed by atoms with Gasteiger partial charge < -0.3 is 0 Å². The van der Waals surface area contributed by atoms with Gasteiger partial charge in [-0.15, -0.1) is 0 Å². The zero-order chi connectivity index (χ0) is 34.0. The lowest BCUT2D eigenvalue weighted by molar-refractivity contribution is -0.660. The molecule has 5 rings (SSSR count). The molecular formula is C38H35F7N+. The summed E-state index contributed by atoms with van der Waals surface area (Å²) in [6, 6.07) is 19.4. The largest absolute Gasteiger partial charge is 0.416 e. The number of pyridine rings is 1. The molecule has 240 valence electrons. The Bertz CT molecular complexity index is 1920. The second-order valence-corrected chi connectivity index (χ2v) is 13.3. The molecule has 8 heteroatoms. The monoisotopic (exact) mass is 638 g/mol. The van der Waals surface area contributed by atoms with Crippen LogP contribution in [0.3, 0.4) is 0 Å². The van der Waals surface area contributed by atoms with Gasteiger partial charge in [0.25, 0.3) is 0 Å². The van der Waals surface area contributed by atoms with Crippen LogP contribution >= 0.6 is 0 Å². The van der Waals surface area contributed by atoms with Crippen molar-refractivity contribution >= 4 is 10.8 Å². The molecule has 0 amide bonds. The molecule has 0 saturated heterocycles. The SMILES string of the molecule is Cc1cc2cc(-c3ccc(C(F)(F)F)cc3)ccc2c(C(C)(C)F)c1-c1cc(C(C)(C)C)c(-c2ccc(C(F)(F)F)cc2)c[n+]1C. The number of aromatic nitrogens is 1. The predicted molar refractivity (Wildman–Crippen MR) is 169 cm³/mol. The molecule has 0 fully saturated rings. The number of aryl methyl sites for hydroxylation is 2. The highest BCUT2D eigenvalue weighted by Gasteiger charge is 2.34. The molecule has 0 aliphatic carbocycles. The van der Waals surface area contributed by atoms with E-state index in [-0.39, 0.29) is 0 Å². The number of benzene rings is 4. The first-order valence-corrected chi connectivity index (χ1v) is 14.8. The predicted octanol–water partition coefficient (Wildman–Crippen LogP) is 11.5. The second-order valence-electron chi connectivity index (χ2n) is 13.3. The number of hydrogen-bond donors (Lipinski definition) is 0. The van der Waals surface area contributed by atoms with E-state index in [1.807, 2.05) is 69.8 Å². The van der Waals surface area contributed by atoms with Gasteiger partial charge in [0, 0.05) is 17.2 Å². The summed E-state index contributed by atoms with van der Waals surface area (Å²) in [5.41, 5.74) is 2.69. The number of halogens is 7. The Kier molecular flexibility index (Phi) is 8.11. The summed E-state index contributed by atoms with van der Waals surface area (Å²) in [6.45, 7) is 11.0. The molecule has 1 aromatic heterocycles. The summed E-state index contributed by atoms with van der Waals surface area (Å²) < 4.78 is 97.3. The molecule has 0 unspecified atom stereocenters. The van der Waals surface area contributed by atoms with Crippen LogP contribution in [0.25, 0.3) is 44.3 Å². The summed E-state index contributed by atoms with van der Waals surface area (Å²) in [6.07, 6.45) is -7.00. The Morgan fingerprint density at radius 2 is 1.09 bits per heavy atom. The standard InChI is InChI=1S/C38H35F7N/c1-22-18-26-19-25(23-8-13-27(14-9-23)37(40,41)42)12-17-29(26)34(36(5,6)39)33(22)32-20-31(35(2,3)4)30(21-46(32)7)24-10-15-28(16-11-24)38(43,44)45/h8-21H,1-7H3/q+1. The van der Waals surface area contributed by atoms with Gasteiger partial charge in [-0.2, -0.15) is 26.3 Å². The summed E-state index contributed by atoms with van der Waals surface area (Å²) in [4.78, 5) is 0. The minimum atomic E-state index is -4.44. The molecule has 5 aromatic rings. The molecule has 0 aliphatic rings. The van der Waals surface area contributed by atoms with Gasteiger partial charge in [-0.25, -0.2) is 8.96 Å². The Balaban J connectivity index is 1.71. The molecule has 0 saturated carbocycles. The fraction of sp³-hybridized carbons (Fsp3) is 0.289. The van der Waals surface area contributed by atoms with E-state index in [4.69, 9.17) is 0 Å². The van der Waals surface area contributed by atoms with Gasteiger partial charge in [0.05, 0.1) is 16.7 Å². The first-order chi connectivity index (χ1) is 21.2. The first kappa shape index (κ1) is 33.2. The van der Waals surface area contributed by atoms with Gasteiger partial charge in [-0.05, 0) is 95.1 Å². The molecule has 0 N–H and O–H groups in total. The number of fused-ring (bicyclic) bond motifs is 1. The van der Waals surface area contributed by atoms with E-state index in [0.717, 1.165) is 52.0 Å². The summed E-state index contributed by atoms with van der Waals surface area (Å²) in [5, 5.41) is 1.42. The molecule has 46 heavy (non-hydrogen) atoms. The van der Waals surface area contributed by atoms with Gasteiger partial charge in [0.1, 0.15) is 12.7 Å². The van der Waals surface area contributed by atoms with Gasteiger partial charge in [-0.1, -0.05) is 63.2 Å². The van der Waals surface area contributed by atoms with Crippen LogP contribution in [0, 0.1) is 6.92 Å². The topological polar surface area (TPSA) is 3.88 Å².